The zero-order valence-electron chi connectivity index (χ0n) is 14.5. The lowest BCUT2D eigenvalue weighted by Gasteiger charge is -2.07. The highest BCUT2D eigenvalue weighted by Gasteiger charge is 2.29. The number of thioether (sulfide) groups is 1. The number of nitrogens with zero attached hydrogens (tertiary/aromatic N) is 5. The van der Waals surface area contributed by atoms with Gasteiger partial charge >= 0.3 is 0 Å². The summed E-state index contributed by atoms with van der Waals surface area (Å²) in [6, 6.07) is 7.76. The Labute approximate surface area is 155 Å². The third-order valence-corrected chi connectivity index (χ3v) is 5.08. The smallest absolute Gasteiger partial charge is 0.229 e. The minimum absolute atomic E-state index is 0.465. The van der Waals surface area contributed by atoms with E-state index in [0.29, 0.717) is 24.0 Å². The minimum Gasteiger partial charge on any atom is -0.497 e. The molecule has 0 atom stereocenters. The number of rotatable bonds is 8. The summed E-state index contributed by atoms with van der Waals surface area (Å²) in [4.78, 5) is 4.46. The summed E-state index contributed by atoms with van der Waals surface area (Å²) in [6.45, 7) is 4.46. The average Bonchev–Trinajstić information content (AvgIpc) is 3.29. The molecule has 0 spiro atoms. The van der Waals surface area contributed by atoms with Crippen molar-refractivity contribution in [3.05, 3.63) is 48.6 Å². The Morgan fingerprint density at radius 3 is 2.81 bits per heavy atom. The molecule has 134 valence electrons. The largest absolute Gasteiger partial charge is 0.497 e. The van der Waals surface area contributed by atoms with Gasteiger partial charge in [0.05, 0.1) is 12.9 Å². The summed E-state index contributed by atoms with van der Waals surface area (Å²) < 4.78 is 12.5. The fourth-order valence-corrected chi connectivity index (χ4v) is 3.38. The molecule has 0 bridgehead atoms. The van der Waals surface area contributed by atoms with E-state index in [-0.39, 0.29) is 0 Å². The first-order chi connectivity index (χ1) is 12.8. The molecule has 4 rings (SSSR count). The van der Waals surface area contributed by atoms with Crippen LogP contribution in [0.15, 0.2) is 46.6 Å². The number of methoxy groups -OCH3 is 1. The van der Waals surface area contributed by atoms with Crippen molar-refractivity contribution < 1.29 is 9.26 Å². The first-order valence-electron chi connectivity index (χ1n) is 8.42. The van der Waals surface area contributed by atoms with E-state index in [2.05, 4.69) is 26.9 Å². The van der Waals surface area contributed by atoms with Crippen LogP contribution in [0.25, 0.3) is 11.4 Å². The van der Waals surface area contributed by atoms with Gasteiger partial charge in [0.15, 0.2) is 16.8 Å². The molecule has 2 heterocycles. The molecule has 0 aliphatic heterocycles. The molecule has 7 nitrogen and oxygen atoms in total. The van der Waals surface area contributed by atoms with Gasteiger partial charge in [-0.25, -0.2) is 0 Å². The van der Waals surface area contributed by atoms with Crippen LogP contribution in [0.4, 0.5) is 0 Å². The molecule has 0 amide bonds. The summed E-state index contributed by atoms with van der Waals surface area (Å²) in [5.74, 6) is 4.10. The van der Waals surface area contributed by atoms with E-state index in [0.717, 1.165) is 41.0 Å². The van der Waals surface area contributed by atoms with Crippen LogP contribution in [0, 0.1) is 0 Å². The second-order valence-corrected chi connectivity index (χ2v) is 6.99. The maximum Gasteiger partial charge on any atom is 0.229 e. The van der Waals surface area contributed by atoms with Gasteiger partial charge in [-0.15, -0.1) is 16.8 Å². The molecule has 0 unspecified atom stereocenters. The standard InChI is InChI=1S/C18H19N5O2S/c1-3-10-23-16(12-6-8-14(24-2)9-7-12)20-21-18(23)26-11-15-19-17(25-22-15)13-4-5-13/h3,6-9,13H,1,4-5,10-11H2,2H3. The molecule has 0 radical (unpaired) electrons. The molecular weight excluding hydrogens is 350 g/mol. The van der Waals surface area contributed by atoms with Crippen LogP contribution >= 0.6 is 11.8 Å². The van der Waals surface area contributed by atoms with Gasteiger partial charge in [0.25, 0.3) is 0 Å². The summed E-state index contributed by atoms with van der Waals surface area (Å²) in [5, 5.41) is 13.5. The average molecular weight is 369 g/mol. The Morgan fingerprint density at radius 1 is 1.31 bits per heavy atom. The lowest BCUT2D eigenvalue weighted by atomic mass is 10.2. The summed E-state index contributed by atoms with van der Waals surface area (Å²) in [5.41, 5.74) is 0.975. The molecule has 1 saturated carbocycles. The monoisotopic (exact) mass is 369 g/mol. The van der Waals surface area contributed by atoms with E-state index in [9.17, 15) is 0 Å². The molecule has 3 aromatic rings. The molecule has 1 aliphatic carbocycles. The topological polar surface area (TPSA) is 78.9 Å². The molecule has 2 aromatic heterocycles. The molecular formula is C18H19N5O2S. The van der Waals surface area contributed by atoms with Gasteiger partial charge < -0.3 is 9.26 Å². The van der Waals surface area contributed by atoms with Gasteiger partial charge in [-0.1, -0.05) is 23.0 Å². The Kier molecular flexibility index (Phi) is 4.75. The van der Waals surface area contributed by atoms with E-state index < -0.39 is 0 Å². The first kappa shape index (κ1) is 16.8. The second kappa shape index (κ2) is 7.33. The fraction of sp³-hybridized carbons (Fsp3) is 0.333. The van der Waals surface area contributed by atoms with Crippen molar-refractivity contribution in [2.45, 2.75) is 36.2 Å². The lowest BCUT2D eigenvalue weighted by molar-refractivity contribution is 0.375. The molecule has 1 aromatic carbocycles. The van der Waals surface area contributed by atoms with E-state index in [1.807, 2.05) is 34.9 Å². The normalized spacial score (nSPS) is 13.7. The van der Waals surface area contributed by atoms with Crippen molar-refractivity contribution in [1.29, 1.82) is 0 Å². The Hall–Kier alpha value is -2.61. The van der Waals surface area contributed by atoms with Crippen LogP contribution in [0.1, 0.15) is 30.5 Å². The number of aromatic nitrogens is 5. The Balaban J connectivity index is 1.53. The predicted molar refractivity (Wildman–Crippen MR) is 98.0 cm³/mol. The van der Waals surface area contributed by atoms with Crippen molar-refractivity contribution in [3.63, 3.8) is 0 Å². The van der Waals surface area contributed by atoms with Crippen LogP contribution in [-0.2, 0) is 12.3 Å². The minimum atomic E-state index is 0.465. The Morgan fingerprint density at radius 2 is 2.12 bits per heavy atom. The van der Waals surface area contributed by atoms with Crippen LogP contribution in [0.5, 0.6) is 5.75 Å². The van der Waals surface area contributed by atoms with Gasteiger partial charge in [-0.05, 0) is 37.1 Å². The fourth-order valence-electron chi connectivity index (χ4n) is 2.59. The van der Waals surface area contributed by atoms with E-state index in [1.165, 1.54) is 0 Å². The predicted octanol–water partition coefficient (Wildman–Crippen LogP) is 3.69. The summed E-state index contributed by atoms with van der Waals surface area (Å²) in [6.07, 6.45) is 4.13. The van der Waals surface area contributed by atoms with E-state index in [1.54, 1.807) is 18.9 Å². The van der Waals surface area contributed by atoms with Gasteiger partial charge in [0, 0.05) is 18.0 Å². The number of benzene rings is 1. The highest BCUT2D eigenvalue weighted by Crippen LogP contribution is 2.39. The van der Waals surface area contributed by atoms with Crippen LogP contribution in [-0.4, -0.2) is 32.0 Å². The van der Waals surface area contributed by atoms with E-state index in [4.69, 9.17) is 9.26 Å². The zero-order valence-corrected chi connectivity index (χ0v) is 15.3. The van der Waals surface area contributed by atoms with Crippen molar-refractivity contribution >= 4 is 11.8 Å². The summed E-state index contributed by atoms with van der Waals surface area (Å²) >= 11 is 1.54. The van der Waals surface area contributed by atoms with E-state index >= 15 is 0 Å². The number of hydrogen-bond donors (Lipinski definition) is 0. The van der Waals surface area contributed by atoms with Gasteiger partial charge in [-0.2, -0.15) is 4.98 Å². The first-order valence-corrected chi connectivity index (χ1v) is 9.41. The van der Waals surface area contributed by atoms with Crippen molar-refractivity contribution in [3.8, 4) is 17.1 Å². The maximum absolute atomic E-state index is 5.31. The molecule has 26 heavy (non-hydrogen) atoms. The zero-order chi connectivity index (χ0) is 17.9. The van der Waals surface area contributed by atoms with Crippen LogP contribution < -0.4 is 4.74 Å². The van der Waals surface area contributed by atoms with Gasteiger partial charge in [0.2, 0.25) is 5.89 Å². The highest BCUT2D eigenvalue weighted by molar-refractivity contribution is 7.98. The number of allylic oxidation sites excluding steroid dienone is 1. The summed E-state index contributed by atoms with van der Waals surface area (Å²) in [7, 11) is 1.65. The van der Waals surface area contributed by atoms with Crippen molar-refractivity contribution in [1.82, 2.24) is 24.9 Å². The molecule has 1 aliphatic rings. The molecule has 1 fully saturated rings. The molecule has 0 saturated heterocycles. The van der Waals surface area contributed by atoms with Crippen LogP contribution in [0.3, 0.4) is 0 Å². The quantitative estimate of drug-likeness (QED) is 0.442. The third-order valence-electron chi connectivity index (χ3n) is 4.12. The SMILES string of the molecule is C=CCn1c(SCc2noc(C3CC3)n2)nnc1-c1ccc(OC)cc1. The van der Waals surface area contributed by atoms with Crippen molar-refractivity contribution in [2.24, 2.45) is 0 Å². The maximum atomic E-state index is 5.31. The number of hydrogen-bond acceptors (Lipinski definition) is 7. The third kappa shape index (κ3) is 3.50. The van der Waals surface area contributed by atoms with Crippen molar-refractivity contribution in [2.75, 3.05) is 7.11 Å². The molecule has 8 heteroatoms. The van der Waals surface area contributed by atoms with Gasteiger partial charge in [0.1, 0.15) is 5.75 Å². The number of ether oxygens (including phenoxy) is 1. The second-order valence-electron chi connectivity index (χ2n) is 6.05. The lowest BCUT2D eigenvalue weighted by Crippen LogP contribution is -2.01. The molecule has 0 N–H and O–H groups in total. The van der Waals surface area contributed by atoms with Crippen LogP contribution in [0.2, 0.25) is 0 Å². The Bertz CT molecular complexity index is 899. The highest BCUT2D eigenvalue weighted by atomic mass is 32.2. The van der Waals surface area contributed by atoms with Gasteiger partial charge in [-0.3, -0.25) is 4.57 Å².